The van der Waals surface area contributed by atoms with Gasteiger partial charge in [-0.2, -0.15) is 0 Å². The topological polar surface area (TPSA) is 237 Å². The standard InChI is InChI=1S/C67H130O17P2/c1-6-10-13-16-19-22-25-27-29-32-35-41-46-51-65(70)77-56-62(83-66(71)52-47-42-36-33-30-28-26-23-20-17-14-11-7-2)58-81-85(73,74)79-54-61(68)55-80-86(75,76)82-59-63(84-67(72)53-48-43-38-37-39-44-49-60(5)9-4)57-78-64(69)50-45-40-34-31-24-21-18-15-12-8-3/h60-63,68H,6-59H2,1-5H3,(H,73,74)(H,75,76)/t60?,61-,62-,63-/m1/s1. The van der Waals surface area contributed by atoms with Gasteiger partial charge in [0, 0.05) is 25.7 Å². The second-order valence-corrected chi connectivity index (χ2v) is 27.4. The Morgan fingerprint density at radius 1 is 0.326 bits per heavy atom. The lowest BCUT2D eigenvalue weighted by Gasteiger charge is -2.21. The minimum Gasteiger partial charge on any atom is -0.462 e. The maximum absolute atomic E-state index is 13.0. The van der Waals surface area contributed by atoms with Crippen LogP contribution >= 0.6 is 15.6 Å². The van der Waals surface area contributed by atoms with Gasteiger partial charge in [0.1, 0.15) is 19.3 Å². The zero-order valence-electron chi connectivity index (χ0n) is 55.4. The number of phosphoric ester groups is 2. The molecular formula is C67H130O17P2. The van der Waals surface area contributed by atoms with Crippen molar-refractivity contribution in [1.82, 2.24) is 0 Å². The number of esters is 4. The largest absolute Gasteiger partial charge is 0.472 e. The molecule has 0 aromatic carbocycles. The summed E-state index contributed by atoms with van der Waals surface area (Å²) in [4.78, 5) is 72.4. The fourth-order valence-electron chi connectivity index (χ4n) is 10.1. The number of aliphatic hydroxyl groups is 1. The van der Waals surface area contributed by atoms with Crippen LogP contribution in [0.5, 0.6) is 0 Å². The maximum Gasteiger partial charge on any atom is 0.472 e. The van der Waals surface area contributed by atoms with Crippen LogP contribution in [0.1, 0.15) is 343 Å². The van der Waals surface area contributed by atoms with Gasteiger partial charge >= 0.3 is 39.5 Å². The van der Waals surface area contributed by atoms with Crippen molar-refractivity contribution in [3.8, 4) is 0 Å². The average Bonchev–Trinajstić information content (AvgIpc) is 3.71. The van der Waals surface area contributed by atoms with Gasteiger partial charge in [0.05, 0.1) is 26.4 Å². The number of carbonyl (C=O) groups is 4. The van der Waals surface area contributed by atoms with Crippen molar-refractivity contribution in [2.45, 2.75) is 361 Å². The number of phosphoric acid groups is 2. The molecule has 0 aliphatic rings. The normalized spacial score (nSPS) is 14.5. The minimum absolute atomic E-state index is 0.103. The number of hydrogen-bond acceptors (Lipinski definition) is 15. The summed E-state index contributed by atoms with van der Waals surface area (Å²) in [6, 6.07) is 0. The van der Waals surface area contributed by atoms with Crippen LogP contribution in [0, 0.1) is 5.92 Å². The van der Waals surface area contributed by atoms with Crippen LogP contribution in [0.2, 0.25) is 0 Å². The molecule has 17 nitrogen and oxygen atoms in total. The van der Waals surface area contributed by atoms with E-state index in [0.29, 0.717) is 25.7 Å². The van der Waals surface area contributed by atoms with Gasteiger partial charge < -0.3 is 33.8 Å². The number of hydrogen-bond donors (Lipinski definition) is 3. The molecule has 0 aliphatic heterocycles. The highest BCUT2D eigenvalue weighted by molar-refractivity contribution is 7.47. The van der Waals surface area contributed by atoms with Crippen molar-refractivity contribution in [1.29, 1.82) is 0 Å². The molecule has 0 saturated carbocycles. The highest BCUT2D eigenvalue weighted by Crippen LogP contribution is 2.45. The molecule has 0 amide bonds. The number of aliphatic hydroxyl groups excluding tert-OH is 1. The molecule has 0 spiro atoms. The fraction of sp³-hybridized carbons (Fsp3) is 0.940. The Bertz CT molecular complexity index is 1670. The predicted molar refractivity (Wildman–Crippen MR) is 345 cm³/mol. The molecule has 6 atom stereocenters. The molecule has 0 heterocycles. The van der Waals surface area contributed by atoms with Gasteiger partial charge in [-0.15, -0.1) is 0 Å². The fourth-order valence-corrected chi connectivity index (χ4v) is 11.7. The van der Waals surface area contributed by atoms with E-state index >= 15 is 0 Å². The summed E-state index contributed by atoms with van der Waals surface area (Å²) in [6.07, 6.45) is 45.7. The Kier molecular flexibility index (Phi) is 59.2. The van der Waals surface area contributed by atoms with Crippen LogP contribution < -0.4 is 0 Å². The number of unbranched alkanes of at least 4 members (excludes halogenated alkanes) is 38. The molecular weight excluding hydrogens is 1140 g/mol. The lowest BCUT2D eigenvalue weighted by atomic mass is 10.00. The summed E-state index contributed by atoms with van der Waals surface area (Å²) in [5.74, 6) is -1.41. The first kappa shape index (κ1) is 84.1. The van der Waals surface area contributed by atoms with E-state index in [1.807, 2.05) is 0 Å². The summed E-state index contributed by atoms with van der Waals surface area (Å²) in [6.45, 7) is 7.17. The third kappa shape index (κ3) is 59.7. The van der Waals surface area contributed by atoms with E-state index in [1.165, 1.54) is 167 Å². The van der Waals surface area contributed by atoms with Gasteiger partial charge in [-0.05, 0) is 31.6 Å². The van der Waals surface area contributed by atoms with E-state index in [0.717, 1.165) is 95.8 Å². The molecule has 0 saturated heterocycles. The molecule has 19 heteroatoms. The maximum atomic E-state index is 13.0. The summed E-state index contributed by atoms with van der Waals surface area (Å²) >= 11 is 0. The summed E-state index contributed by atoms with van der Waals surface area (Å²) < 4.78 is 68.1. The number of ether oxygens (including phenoxy) is 4. The lowest BCUT2D eigenvalue weighted by molar-refractivity contribution is -0.161. The van der Waals surface area contributed by atoms with Gasteiger partial charge in [0.2, 0.25) is 0 Å². The van der Waals surface area contributed by atoms with Crippen molar-refractivity contribution >= 4 is 39.5 Å². The molecule has 3 N–H and O–H groups in total. The van der Waals surface area contributed by atoms with Crippen LogP contribution in [0.4, 0.5) is 0 Å². The molecule has 0 radical (unpaired) electrons. The van der Waals surface area contributed by atoms with Crippen molar-refractivity contribution in [3.05, 3.63) is 0 Å². The van der Waals surface area contributed by atoms with Crippen molar-refractivity contribution in [3.63, 3.8) is 0 Å². The van der Waals surface area contributed by atoms with Crippen molar-refractivity contribution in [2.24, 2.45) is 5.92 Å². The average molecular weight is 1270 g/mol. The van der Waals surface area contributed by atoms with Crippen molar-refractivity contribution < 1.29 is 80.2 Å². The Hall–Kier alpha value is -1.94. The molecule has 0 rings (SSSR count). The van der Waals surface area contributed by atoms with Crippen LogP contribution in [0.3, 0.4) is 0 Å². The quantitative estimate of drug-likeness (QED) is 0.0222. The lowest BCUT2D eigenvalue weighted by Crippen LogP contribution is -2.30. The smallest absolute Gasteiger partial charge is 0.462 e. The number of rotatable bonds is 67. The van der Waals surface area contributed by atoms with Gasteiger partial charge in [-0.25, -0.2) is 9.13 Å². The Morgan fingerprint density at radius 3 is 0.826 bits per heavy atom. The van der Waals surface area contributed by atoms with Gasteiger partial charge in [-0.1, -0.05) is 291 Å². The monoisotopic (exact) mass is 1270 g/mol. The Balaban J connectivity index is 5.24. The number of carbonyl (C=O) groups excluding carboxylic acids is 4. The molecule has 0 aromatic heterocycles. The van der Waals surface area contributed by atoms with Gasteiger partial charge in [0.15, 0.2) is 12.2 Å². The third-order valence-corrected chi connectivity index (χ3v) is 17.8. The van der Waals surface area contributed by atoms with E-state index < -0.39 is 97.5 Å². The van der Waals surface area contributed by atoms with Crippen LogP contribution in [0.25, 0.3) is 0 Å². The van der Waals surface area contributed by atoms with E-state index in [9.17, 15) is 43.2 Å². The van der Waals surface area contributed by atoms with E-state index in [-0.39, 0.29) is 25.7 Å². The minimum atomic E-state index is -4.95. The zero-order chi connectivity index (χ0) is 63.5. The summed E-state index contributed by atoms with van der Waals surface area (Å²) in [7, 11) is -9.89. The molecule has 0 aliphatic carbocycles. The van der Waals surface area contributed by atoms with Crippen LogP contribution in [-0.4, -0.2) is 96.7 Å². The van der Waals surface area contributed by atoms with Crippen LogP contribution in [0.15, 0.2) is 0 Å². The molecule has 510 valence electrons. The molecule has 0 fully saturated rings. The van der Waals surface area contributed by atoms with Gasteiger partial charge in [0.25, 0.3) is 0 Å². The van der Waals surface area contributed by atoms with E-state index in [1.54, 1.807) is 0 Å². The van der Waals surface area contributed by atoms with E-state index in [4.69, 9.17) is 37.0 Å². The van der Waals surface area contributed by atoms with Crippen molar-refractivity contribution in [2.75, 3.05) is 39.6 Å². The van der Waals surface area contributed by atoms with E-state index in [2.05, 4.69) is 34.6 Å². The molecule has 3 unspecified atom stereocenters. The van der Waals surface area contributed by atoms with Gasteiger partial charge in [-0.3, -0.25) is 37.3 Å². The summed E-state index contributed by atoms with van der Waals surface area (Å²) in [5, 5.41) is 10.6. The highest BCUT2D eigenvalue weighted by atomic mass is 31.2. The van der Waals surface area contributed by atoms with Crippen LogP contribution in [-0.2, 0) is 65.4 Å². The summed E-state index contributed by atoms with van der Waals surface area (Å²) in [5.41, 5.74) is 0. The first-order valence-electron chi connectivity index (χ1n) is 35.2. The molecule has 0 bridgehead atoms. The highest BCUT2D eigenvalue weighted by Gasteiger charge is 2.30. The second-order valence-electron chi connectivity index (χ2n) is 24.5. The third-order valence-electron chi connectivity index (χ3n) is 15.9. The Labute approximate surface area is 524 Å². The molecule has 0 aromatic rings. The first-order chi connectivity index (χ1) is 41.6. The zero-order valence-corrected chi connectivity index (χ0v) is 57.2. The molecule has 86 heavy (non-hydrogen) atoms. The second kappa shape index (κ2) is 60.6. The predicted octanol–water partition coefficient (Wildman–Crippen LogP) is 19.0. The SMILES string of the molecule is CCCCCCCCCCCCCCCC(=O)OC[C@H](COP(=O)(O)OC[C@@H](O)COP(=O)(O)OC[C@@H](COC(=O)CCCCCCCCCCCC)OC(=O)CCCCCCCCC(C)CC)OC(=O)CCCCCCCCCCCCCCC. The first-order valence-corrected chi connectivity index (χ1v) is 38.2. The Morgan fingerprint density at radius 2 is 0.558 bits per heavy atom.